The number of nitrogens with zero attached hydrogens (tertiary/aromatic N) is 1. The molecule has 0 saturated carbocycles. The Morgan fingerprint density at radius 2 is 1.95 bits per heavy atom. The smallest absolute Gasteiger partial charge is 0.309 e. The molecule has 0 aliphatic carbocycles. The summed E-state index contributed by atoms with van der Waals surface area (Å²) in [6.07, 6.45) is 4.39. The number of rotatable bonds is 5. The van der Waals surface area contributed by atoms with Gasteiger partial charge in [-0.2, -0.15) is 0 Å². The van der Waals surface area contributed by atoms with Crippen molar-refractivity contribution < 1.29 is 29.6 Å². The van der Waals surface area contributed by atoms with Crippen molar-refractivity contribution in [3.8, 4) is 0 Å². The summed E-state index contributed by atoms with van der Waals surface area (Å²) in [5, 5.41) is 32.4. The van der Waals surface area contributed by atoms with Crippen LogP contribution in [0.15, 0.2) is 29.8 Å². The molecule has 216 valence electrons. The van der Waals surface area contributed by atoms with Gasteiger partial charge in [-0.1, -0.05) is 58.3 Å². The van der Waals surface area contributed by atoms with Gasteiger partial charge in [0.25, 0.3) is 0 Å². The van der Waals surface area contributed by atoms with Crippen molar-refractivity contribution in [1.29, 1.82) is 0 Å². The third kappa shape index (κ3) is 7.97. The van der Waals surface area contributed by atoms with Gasteiger partial charge in [0.15, 0.2) is 0 Å². The number of thiazole rings is 1. The molecule has 8 heteroatoms. The van der Waals surface area contributed by atoms with E-state index >= 15 is 0 Å². The van der Waals surface area contributed by atoms with Crippen LogP contribution in [0, 0.1) is 17.3 Å². The summed E-state index contributed by atoms with van der Waals surface area (Å²) in [6.45, 7) is 9.29. The highest BCUT2D eigenvalue weighted by molar-refractivity contribution is 7.18. The second-order valence-electron chi connectivity index (χ2n) is 11.7. The van der Waals surface area contributed by atoms with Crippen molar-refractivity contribution in [3.63, 3.8) is 0 Å². The van der Waals surface area contributed by atoms with E-state index in [1.54, 1.807) is 13.8 Å². The SMILES string of the molecule is CCCC[C@H]1C(=O)C(C)(C)[C@@H](O)CC(=O)O[C@H](c2ccc3sc(CO)nc3c2)CC=C(C)CCC[C@H](C)[C@@H]1O. The largest absolute Gasteiger partial charge is 0.457 e. The molecule has 1 aromatic carbocycles. The fraction of sp³-hybridized carbons (Fsp3) is 0.645. The third-order valence-corrected chi connectivity index (χ3v) is 9.20. The molecule has 0 bridgehead atoms. The lowest BCUT2D eigenvalue weighted by Crippen LogP contribution is -2.46. The quantitative estimate of drug-likeness (QED) is 0.302. The van der Waals surface area contributed by atoms with Gasteiger partial charge in [0.2, 0.25) is 0 Å². The number of cyclic esters (lactones) is 1. The van der Waals surface area contributed by atoms with Gasteiger partial charge in [-0.3, -0.25) is 9.59 Å². The first-order valence-corrected chi connectivity index (χ1v) is 15.0. The van der Waals surface area contributed by atoms with Crippen LogP contribution in [0.3, 0.4) is 0 Å². The zero-order valence-corrected chi connectivity index (χ0v) is 24.8. The van der Waals surface area contributed by atoms with Crippen molar-refractivity contribution in [3.05, 3.63) is 40.4 Å². The van der Waals surface area contributed by atoms with Gasteiger partial charge in [0.05, 0.1) is 40.9 Å². The number of fused-ring (bicyclic) bond motifs is 1. The summed E-state index contributed by atoms with van der Waals surface area (Å²) in [5.74, 6) is -1.44. The fourth-order valence-electron chi connectivity index (χ4n) is 5.34. The van der Waals surface area contributed by atoms with Crippen LogP contribution in [0.4, 0.5) is 0 Å². The summed E-state index contributed by atoms with van der Waals surface area (Å²) in [5.41, 5.74) is 1.48. The summed E-state index contributed by atoms with van der Waals surface area (Å²) < 4.78 is 6.86. The van der Waals surface area contributed by atoms with Crippen LogP contribution >= 0.6 is 11.3 Å². The Bertz CT molecular complexity index is 1160. The normalized spacial score (nSPS) is 27.8. The topological polar surface area (TPSA) is 117 Å². The van der Waals surface area contributed by atoms with E-state index in [-0.39, 0.29) is 24.7 Å². The van der Waals surface area contributed by atoms with E-state index in [0.29, 0.717) is 17.8 Å². The molecule has 2 aromatic rings. The first-order valence-electron chi connectivity index (χ1n) is 14.2. The monoisotopic (exact) mass is 559 g/mol. The molecule has 1 aliphatic rings. The average molecular weight is 560 g/mol. The van der Waals surface area contributed by atoms with E-state index in [2.05, 4.69) is 24.9 Å². The van der Waals surface area contributed by atoms with E-state index in [4.69, 9.17) is 4.74 Å². The summed E-state index contributed by atoms with van der Waals surface area (Å²) in [7, 11) is 0. The molecule has 3 N–H and O–H groups in total. The molecular weight excluding hydrogens is 514 g/mol. The Hall–Kier alpha value is -2.13. The lowest BCUT2D eigenvalue weighted by Gasteiger charge is -2.36. The molecule has 0 fully saturated rings. The molecular formula is C31H45NO6S. The van der Waals surface area contributed by atoms with Crippen LogP contribution in [0.5, 0.6) is 0 Å². The number of carbonyl (C=O) groups excluding carboxylic acids is 2. The van der Waals surface area contributed by atoms with E-state index < -0.39 is 35.6 Å². The van der Waals surface area contributed by atoms with Crippen molar-refractivity contribution in [2.24, 2.45) is 17.3 Å². The predicted molar refractivity (Wildman–Crippen MR) is 154 cm³/mol. The molecule has 1 aliphatic heterocycles. The first kappa shape index (κ1) is 31.4. The number of ether oxygens (including phenoxy) is 1. The molecule has 5 atom stereocenters. The molecule has 3 rings (SSSR count). The highest BCUT2D eigenvalue weighted by atomic mass is 32.1. The number of aliphatic hydroxyl groups is 3. The van der Waals surface area contributed by atoms with E-state index in [1.165, 1.54) is 16.9 Å². The zero-order valence-electron chi connectivity index (χ0n) is 24.0. The van der Waals surface area contributed by atoms with Gasteiger partial charge in [0.1, 0.15) is 16.9 Å². The number of esters is 1. The molecule has 0 radical (unpaired) electrons. The minimum absolute atomic E-state index is 0.0594. The Morgan fingerprint density at radius 3 is 2.64 bits per heavy atom. The summed E-state index contributed by atoms with van der Waals surface area (Å²) in [6, 6.07) is 5.72. The van der Waals surface area contributed by atoms with E-state index in [9.17, 15) is 24.9 Å². The molecule has 39 heavy (non-hydrogen) atoms. The Balaban J connectivity index is 1.92. The standard InChI is InChI=1S/C31H45NO6S/c1-6-7-11-22-29(36)20(3)10-8-9-19(2)12-14-24(38-28(35)17-26(34)31(4,5)30(22)37)21-13-15-25-23(16-21)32-27(18-33)39-25/h12-13,15-16,20,22,24,26,29,33-34,36H,6-11,14,17-18H2,1-5H3/t20-,22+,24-,26-,29-/m0/s1. The Kier molecular flexibility index (Phi) is 11.2. The summed E-state index contributed by atoms with van der Waals surface area (Å²) in [4.78, 5) is 31.3. The minimum atomic E-state index is -1.25. The van der Waals surface area contributed by atoms with Crippen molar-refractivity contribution >= 4 is 33.3 Å². The maximum absolute atomic E-state index is 13.7. The number of benzene rings is 1. The van der Waals surface area contributed by atoms with Gasteiger partial charge in [-0.15, -0.1) is 11.3 Å². The lowest BCUT2D eigenvalue weighted by molar-refractivity contribution is -0.156. The first-order chi connectivity index (χ1) is 18.5. The number of unbranched alkanes of at least 4 members (excludes halogenated alkanes) is 1. The second kappa shape index (κ2) is 14.0. The van der Waals surface area contributed by atoms with Gasteiger partial charge in [-0.05, 0) is 56.2 Å². The average Bonchev–Trinajstić information content (AvgIpc) is 3.32. The van der Waals surface area contributed by atoms with Crippen LogP contribution < -0.4 is 0 Å². The van der Waals surface area contributed by atoms with Crippen LogP contribution in [0.1, 0.15) is 103 Å². The number of hydrogen-bond donors (Lipinski definition) is 3. The van der Waals surface area contributed by atoms with Crippen molar-refractivity contribution in [2.75, 3.05) is 0 Å². The van der Waals surface area contributed by atoms with Crippen LogP contribution in [-0.4, -0.2) is 44.3 Å². The van der Waals surface area contributed by atoms with Crippen LogP contribution in [-0.2, 0) is 20.9 Å². The number of Topliss-reactive ketones (excluding diaryl/α,β-unsaturated/α-hetero) is 1. The van der Waals surface area contributed by atoms with E-state index in [0.717, 1.165) is 47.9 Å². The zero-order chi connectivity index (χ0) is 28.7. The van der Waals surface area contributed by atoms with E-state index in [1.807, 2.05) is 25.1 Å². The fourth-order valence-corrected chi connectivity index (χ4v) is 6.14. The molecule has 0 unspecified atom stereocenters. The molecule has 0 amide bonds. The third-order valence-electron chi connectivity index (χ3n) is 8.18. The highest BCUT2D eigenvalue weighted by Crippen LogP contribution is 2.36. The molecule has 7 nitrogen and oxygen atoms in total. The molecule has 1 aromatic heterocycles. The second-order valence-corrected chi connectivity index (χ2v) is 12.8. The highest BCUT2D eigenvalue weighted by Gasteiger charge is 2.43. The van der Waals surface area contributed by atoms with Crippen LogP contribution in [0.25, 0.3) is 10.2 Å². The lowest BCUT2D eigenvalue weighted by atomic mass is 9.71. The number of ketones is 1. The molecule has 2 heterocycles. The molecule has 0 saturated heterocycles. The Morgan fingerprint density at radius 1 is 1.21 bits per heavy atom. The predicted octanol–water partition coefficient (Wildman–Crippen LogP) is 6.04. The van der Waals surface area contributed by atoms with Gasteiger partial charge in [0, 0.05) is 12.3 Å². The number of aromatic nitrogens is 1. The number of hydrogen-bond acceptors (Lipinski definition) is 8. The number of carbonyl (C=O) groups is 2. The van der Waals surface area contributed by atoms with Gasteiger partial charge < -0.3 is 20.1 Å². The summed E-state index contributed by atoms with van der Waals surface area (Å²) >= 11 is 1.42. The van der Waals surface area contributed by atoms with Crippen LogP contribution in [0.2, 0.25) is 0 Å². The van der Waals surface area contributed by atoms with Crippen molar-refractivity contribution in [1.82, 2.24) is 4.98 Å². The number of aliphatic hydroxyl groups excluding tert-OH is 3. The van der Waals surface area contributed by atoms with Gasteiger partial charge >= 0.3 is 5.97 Å². The minimum Gasteiger partial charge on any atom is -0.457 e. The van der Waals surface area contributed by atoms with Crippen molar-refractivity contribution in [2.45, 2.75) is 111 Å². The maximum atomic E-state index is 13.7. The van der Waals surface area contributed by atoms with Gasteiger partial charge in [-0.25, -0.2) is 4.98 Å². The molecule has 0 spiro atoms. The number of allylic oxidation sites excluding steroid dienone is 1. The maximum Gasteiger partial charge on any atom is 0.309 e. The Labute approximate surface area is 236 Å².